The molecule has 0 spiro atoms. The minimum atomic E-state index is -0.655. The first-order valence-electron chi connectivity index (χ1n) is 6.92. The Morgan fingerprint density at radius 1 is 1.20 bits per heavy atom. The lowest BCUT2D eigenvalue weighted by Crippen LogP contribution is -2.12. The fourth-order valence-electron chi connectivity index (χ4n) is 2.46. The number of hydrogen-bond donors (Lipinski definition) is 1. The van der Waals surface area contributed by atoms with Gasteiger partial charge in [-0.3, -0.25) is 4.68 Å². The maximum absolute atomic E-state index is 10.8. The molecule has 1 aromatic heterocycles. The van der Waals surface area contributed by atoms with Crippen molar-refractivity contribution < 1.29 is 5.11 Å². The van der Waals surface area contributed by atoms with Crippen LogP contribution in [0.1, 0.15) is 47.4 Å². The second-order valence-corrected chi connectivity index (χ2v) is 6.15. The lowest BCUT2D eigenvalue weighted by molar-refractivity contribution is 0.205. The van der Waals surface area contributed by atoms with Gasteiger partial charge in [-0.1, -0.05) is 19.1 Å². The van der Waals surface area contributed by atoms with Gasteiger partial charge in [0.2, 0.25) is 0 Å². The molecule has 0 bridgehead atoms. The number of benzene rings is 1. The predicted octanol–water partition coefficient (Wildman–Crippen LogP) is 4.06. The van der Waals surface area contributed by atoms with E-state index in [0.29, 0.717) is 0 Å². The van der Waals surface area contributed by atoms with Gasteiger partial charge in [-0.25, -0.2) is 0 Å². The molecule has 0 saturated carbocycles. The van der Waals surface area contributed by atoms with Crippen molar-refractivity contribution in [1.29, 1.82) is 0 Å². The Morgan fingerprint density at radius 2 is 1.85 bits per heavy atom. The normalized spacial score (nSPS) is 12.7. The van der Waals surface area contributed by atoms with E-state index in [0.717, 1.165) is 34.3 Å². The largest absolute Gasteiger partial charge is 0.382 e. The van der Waals surface area contributed by atoms with E-state index in [4.69, 9.17) is 0 Å². The number of aliphatic hydroxyl groups excluding tert-OH is 1. The van der Waals surface area contributed by atoms with Crippen molar-refractivity contribution in [2.24, 2.45) is 0 Å². The van der Waals surface area contributed by atoms with Crippen LogP contribution in [-0.2, 0) is 6.54 Å². The van der Waals surface area contributed by atoms with E-state index >= 15 is 0 Å². The predicted molar refractivity (Wildman–Crippen MR) is 84.9 cm³/mol. The lowest BCUT2D eigenvalue weighted by atomic mass is 9.96. The van der Waals surface area contributed by atoms with Gasteiger partial charge in [0, 0.05) is 6.54 Å². The highest BCUT2D eigenvalue weighted by molar-refractivity contribution is 9.10. The third kappa shape index (κ3) is 2.81. The minimum Gasteiger partial charge on any atom is -0.382 e. The van der Waals surface area contributed by atoms with Gasteiger partial charge in [0.25, 0.3) is 0 Å². The highest BCUT2D eigenvalue weighted by Crippen LogP contribution is 2.31. The molecule has 0 aliphatic rings. The van der Waals surface area contributed by atoms with Gasteiger partial charge in [0.05, 0.1) is 16.4 Å². The number of hydrogen-bond acceptors (Lipinski definition) is 2. The second kappa shape index (κ2) is 6.10. The zero-order chi connectivity index (χ0) is 14.9. The summed E-state index contributed by atoms with van der Waals surface area (Å²) < 4.78 is 2.74. The van der Waals surface area contributed by atoms with E-state index in [1.165, 1.54) is 11.1 Å². The molecule has 0 radical (unpaired) electrons. The highest BCUT2D eigenvalue weighted by atomic mass is 79.9. The second-order valence-electron chi connectivity index (χ2n) is 5.30. The van der Waals surface area contributed by atoms with Gasteiger partial charge in [0.1, 0.15) is 6.10 Å². The van der Waals surface area contributed by atoms with Gasteiger partial charge >= 0.3 is 0 Å². The molecule has 0 aliphatic carbocycles. The first-order chi connectivity index (χ1) is 9.45. The standard InChI is InChI=1S/C16H21BrN2O/c1-5-6-19-15(14(17)9-18-19)16(20)13-8-11(3)10(2)7-12(13)4/h7-9,16,20H,5-6H2,1-4H3. The van der Waals surface area contributed by atoms with Crippen molar-refractivity contribution in [3.63, 3.8) is 0 Å². The molecule has 2 rings (SSSR count). The molecule has 1 unspecified atom stereocenters. The van der Waals surface area contributed by atoms with E-state index in [2.05, 4.69) is 53.9 Å². The fourth-order valence-corrected chi connectivity index (χ4v) is 2.97. The van der Waals surface area contributed by atoms with Crippen LogP contribution in [0.5, 0.6) is 0 Å². The average molecular weight is 337 g/mol. The molecule has 1 N–H and O–H groups in total. The van der Waals surface area contributed by atoms with E-state index in [1.54, 1.807) is 6.20 Å². The molecule has 108 valence electrons. The summed E-state index contributed by atoms with van der Waals surface area (Å²) in [6.45, 7) is 9.12. The van der Waals surface area contributed by atoms with Gasteiger partial charge in [-0.15, -0.1) is 0 Å². The van der Waals surface area contributed by atoms with Crippen molar-refractivity contribution >= 4 is 15.9 Å². The molecule has 1 heterocycles. The monoisotopic (exact) mass is 336 g/mol. The smallest absolute Gasteiger partial charge is 0.122 e. The van der Waals surface area contributed by atoms with Crippen LogP contribution < -0.4 is 0 Å². The number of nitrogens with zero attached hydrogens (tertiary/aromatic N) is 2. The molecule has 0 saturated heterocycles. The van der Waals surface area contributed by atoms with Gasteiger partial charge in [-0.2, -0.15) is 5.10 Å². The summed E-state index contributed by atoms with van der Waals surface area (Å²) in [4.78, 5) is 0. The molecule has 0 fully saturated rings. The van der Waals surface area contributed by atoms with Gasteiger partial charge in [-0.05, 0) is 65.4 Å². The summed E-state index contributed by atoms with van der Waals surface area (Å²) in [6.07, 6.45) is 2.09. The van der Waals surface area contributed by atoms with Crippen molar-refractivity contribution in [2.45, 2.75) is 46.8 Å². The summed E-state index contributed by atoms with van der Waals surface area (Å²) >= 11 is 3.50. The number of aliphatic hydroxyl groups is 1. The number of halogens is 1. The molecule has 2 aromatic rings. The van der Waals surface area contributed by atoms with Crippen LogP contribution in [0.2, 0.25) is 0 Å². The molecule has 1 atom stereocenters. The summed E-state index contributed by atoms with van der Waals surface area (Å²) in [5.41, 5.74) is 5.34. The maximum Gasteiger partial charge on any atom is 0.122 e. The van der Waals surface area contributed by atoms with Crippen LogP contribution in [0, 0.1) is 20.8 Å². The third-order valence-electron chi connectivity index (χ3n) is 3.70. The van der Waals surface area contributed by atoms with Gasteiger partial charge < -0.3 is 5.11 Å². The summed E-state index contributed by atoms with van der Waals surface area (Å²) in [6, 6.07) is 4.20. The van der Waals surface area contributed by atoms with Crippen molar-refractivity contribution in [3.05, 3.63) is 50.8 Å². The summed E-state index contributed by atoms with van der Waals surface area (Å²) in [5.74, 6) is 0. The van der Waals surface area contributed by atoms with Crippen molar-refractivity contribution in [3.8, 4) is 0 Å². The topological polar surface area (TPSA) is 38.0 Å². The SMILES string of the molecule is CCCn1ncc(Br)c1C(O)c1cc(C)c(C)cc1C. The number of aromatic nitrogens is 2. The average Bonchev–Trinajstić information content (AvgIpc) is 2.75. The molecule has 3 nitrogen and oxygen atoms in total. The first-order valence-corrected chi connectivity index (χ1v) is 7.72. The molecular formula is C16H21BrN2O. The zero-order valence-corrected chi connectivity index (χ0v) is 14.0. The van der Waals surface area contributed by atoms with E-state index in [1.807, 2.05) is 11.6 Å². The Balaban J connectivity index is 2.48. The molecular weight excluding hydrogens is 316 g/mol. The Kier molecular flexibility index (Phi) is 4.66. The molecule has 1 aromatic carbocycles. The maximum atomic E-state index is 10.8. The molecule has 20 heavy (non-hydrogen) atoms. The van der Waals surface area contributed by atoms with Crippen LogP contribution in [0.25, 0.3) is 0 Å². The Morgan fingerprint density at radius 3 is 2.50 bits per heavy atom. The van der Waals surface area contributed by atoms with Crippen LogP contribution in [0.15, 0.2) is 22.8 Å². The van der Waals surface area contributed by atoms with E-state index in [9.17, 15) is 5.11 Å². The highest BCUT2D eigenvalue weighted by Gasteiger charge is 2.21. The molecule has 0 aliphatic heterocycles. The lowest BCUT2D eigenvalue weighted by Gasteiger charge is -2.18. The quantitative estimate of drug-likeness (QED) is 0.914. The van der Waals surface area contributed by atoms with Crippen LogP contribution in [0.3, 0.4) is 0 Å². The zero-order valence-electron chi connectivity index (χ0n) is 12.4. The summed E-state index contributed by atoms with van der Waals surface area (Å²) in [7, 11) is 0. The van der Waals surface area contributed by atoms with Gasteiger partial charge in [0.15, 0.2) is 0 Å². The fraction of sp³-hybridized carbons (Fsp3) is 0.438. The van der Waals surface area contributed by atoms with Crippen molar-refractivity contribution in [1.82, 2.24) is 9.78 Å². The number of rotatable bonds is 4. The van der Waals surface area contributed by atoms with Crippen LogP contribution >= 0.6 is 15.9 Å². The Labute approximate surface area is 128 Å². The molecule has 0 amide bonds. The van der Waals surface area contributed by atoms with Crippen molar-refractivity contribution in [2.75, 3.05) is 0 Å². The molecule has 4 heteroatoms. The Hall–Kier alpha value is -1.13. The Bertz CT molecular complexity index is 619. The minimum absolute atomic E-state index is 0.655. The van der Waals surface area contributed by atoms with Crippen LogP contribution in [-0.4, -0.2) is 14.9 Å². The van der Waals surface area contributed by atoms with E-state index in [-0.39, 0.29) is 0 Å². The first kappa shape index (κ1) is 15.3. The van der Waals surface area contributed by atoms with Crippen LogP contribution in [0.4, 0.5) is 0 Å². The summed E-state index contributed by atoms with van der Waals surface area (Å²) in [5, 5.41) is 15.1. The van der Waals surface area contributed by atoms with E-state index < -0.39 is 6.10 Å². The third-order valence-corrected chi connectivity index (χ3v) is 4.32. The number of aryl methyl sites for hydroxylation is 4.